The number of carbonyl (C=O) groups excluding carboxylic acids is 2. The largest absolute Gasteiger partial charge is 0.387 e. The molecule has 0 radical (unpaired) electrons. The molecular weight excluding hydrogens is 322 g/mol. The molecule has 2 fully saturated rings. The van der Waals surface area contributed by atoms with E-state index in [-0.39, 0.29) is 17.9 Å². The zero-order chi connectivity index (χ0) is 18.0. The van der Waals surface area contributed by atoms with Crippen molar-refractivity contribution >= 4 is 11.8 Å². The number of aromatic nitrogens is 2. The van der Waals surface area contributed by atoms with Gasteiger partial charge in [-0.3, -0.25) is 14.3 Å². The molecule has 0 unspecified atom stereocenters. The van der Waals surface area contributed by atoms with Crippen molar-refractivity contribution < 1.29 is 14.7 Å². The molecule has 2 amide bonds. The van der Waals surface area contributed by atoms with Crippen LogP contribution in [0.5, 0.6) is 0 Å². The molecule has 1 aromatic heterocycles. The lowest BCUT2D eigenvalue weighted by molar-refractivity contribution is -0.120. The van der Waals surface area contributed by atoms with Crippen LogP contribution in [-0.4, -0.2) is 80.9 Å². The topological polar surface area (TPSA) is 90.7 Å². The highest BCUT2D eigenvalue weighted by Gasteiger charge is 2.40. The highest BCUT2D eigenvalue weighted by molar-refractivity contribution is 5.92. The van der Waals surface area contributed by atoms with E-state index in [1.165, 1.54) is 0 Å². The Hall–Kier alpha value is -1.93. The molecule has 138 valence electrons. The van der Waals surface area contributed by atoms with Gasteiger partial charge in [-0.25, -0.2) is 0 Å². The van der Waals surface area contributed by atoms with Crippen molar-refractivity contribution in [3.63, 3.8) is 0 Å². The molecule has 0 saturated carbocycles. The molecule has 2 aliphatic rings. The average Bonchev–Trinajstić information content (AvgIpc) is 3.15. The van der Waals surface area contributed by atoms with Crippen LogP contribution in [0.4, 0.5) is 0 Å². The number of hydrogen-bond acceptors (Lipinski definition) is 5. The Labute approximate surface area is 147 Å². The monoisotopic (exact) mass is 349 g/mol. The molecule has 2 saturated heterocycles. The molecule has 0 spiro atoms. The van der Waals surface area contributed by atoms with Crippen LogP contribution in [0.15, 0.2) is 12.3 Å². The summed E-state index contributed by atoms with van der Waals surface area (Å²) in [7, 11) is 1.78. The number of aryl methyl sites for hydroxylation is 1. The van der Waals surface area contributed by atoms with Gasteiger partial charge in [0.15, 0.2) is 0 Å². The van der Waals surface area contributed by atoms with Gasteiger partial charge in [-0.2, -0.15) is 5.10 Å². The van der Waals surface area contributed by atoms with Crippen molar-refractivity contribution in [1.82, 2.24) is 24.9 Å². The number of carbonyl (C=O) groups is 2. The SMILES string of the molecule is CC(=O)NC1CCN(C[C@@]2(O)CCN(C(=O)c3ccn(C)n3)C2)CC1. The molecule has 25 heavy (non-hydrogen) atoms. The number of nitrogens with zero attached hydrogens (tertiary/aromatic N) is 4. The Morgan fingerprint density at radius 1 is 1.36 bits per heavy atom. The summed E-state index contributed by atoms with van der Waals surface area (Å²) in [4.78, 5) is 27.5. The third-order valence-electron chi connectivity index (χ3n) is 5.07. The molecular formula is C17H27N5O3. The molecule has 3 heterocycles. The lowest BCUT2D eigenvalue weighted by Crippen LogP contribution is -2.50. The van der Waals surface area contributed by atoms with Gasteiger partial charge in [0.05, 0.1) is 12.1 Å². The fourth-order valence-corrected chi connectivity index (χ4v) is 3.79. The van der Waals surface area contributed by atoms with Crippen LogP contribution >= 0.6 is 0 Å². The molecule has 1 aromatic rings. The lowest BCUT2D eigenvalue weighted by atomic mass is 9.99. The van der Waals surface area contributed by atoms with E-state index in [2.05, 4.69) is 15.3 Å². The number of piperidine rings is 1. The fraction of sp³-hybridized carbons (Fsp3) is 0.706. The fourth-order valence-electron chi connectivity index (χ4n) is 3.79. The summed E-state index contributed by atoms with van der Waals surface area (Å²) < 4.78 is 1.61. The first-order chi connectivity index (χ1) is 11.8. The first kappa shape index (κ1) is 17.9. The van der Waals surface area contributed by atoms with Gasteiger partial charge in [0.2, 0.25) is 5.91 Å². The Balaban J connectivity index is 1.50. The summed E-state index contributed by atoms with van der Waals surface area (Å²) in [6, 6.07) is 1.93. The van der Waals surface area contributed by atoms with Crippen molar-refractivity contribution in [1.29, 1.82) is 0 Å². The number of amides is 2. The highest BCUT2D eigenvalue weighted by atomic mass is 16.3. The minimum atomic E-state index is -0.870. The summed E-state index contributed by atoms with van der Waals surface area (Å²) in [5, 5.41) is 18.0. The van der Waals surface area contributed by atoms with Crippen molar-refractivity contribution in [2.75, 3.05) is 32.7 Å². The smallest absolute Gasteiger partial charge is 0.274 e. The molecule has 1 atom stereocenters. The molecule has 0 aliphatic carbocycles. The zero-order valence-electron chi connectivity index (χ0n) is 14.9. The maximum Gasteiger partial charge on any atom is 0.274 e. The van der Waals surface area contributed by atoms with Crippen LogP contribution in [0.2, 0.25) is 0 Å². The maximum atomic E-state index is 12.5. The van der Waals surface area contributed by atoms with Gasteiger partial charge < -0.3 is 20.2 Å². The van der Waals surface area contributed by atoms with Crippen molar-refractivity contribution in [2.24, 2.45) is 7.05 Å². The second kappa shape index (κ2) is 7.13. The maximum absolute atomic E-state index is 12.5. The van der Waals surface area contributed by atoms with Crippen LogP contribution < -0.4 is 5.32 Å². The summed E-state index contributed by atoms with van der Waals surface area (Å²) in [6.45, 7) is 4.69. The van der Waals surface area contributed by atoms with Gasteiger partial charge in [-0.05, 0) is 25.3 Å². The summed E-state index contributed by atoms with van der Waals surface area (Å²) in [6.07, 6.45) is 4.12. The predicted molar refractivity (Wildman–Crippen MR) is 92.0 cm³/mol. The molecule has 3 rings (SSSR count). The van der Waals surface area contributed by atoms with E-state index in [9.17, 15) is 14.7 Å². The minimum absolute atomic E-state index is 0.0107. The summed E-state index contributed by atoms with van der Waals surface area (Å²) in [5.74, 6) is -0.113. The number of hydrogen-bond donors (Lipinski definition) is 2. The van der Waals surface area contributed by atoms with Gasteiger partial charge in [0, 0.05) is 52.4 Å². The normalized spacial score (nSPS) is 25.3. The molecule has 8 nitrogen and oxygen atoms in total. The summed E-state index contributed by atoms with van der Waals surface area (Å²) >= 11 is 0. The van der Waals surface area contributed by atoms with Crippen molar-refractivity contribution in [3.8, 4) is 0 Å². The van der Waals surface area contributed by atoms with E-state index in [4.69, 9.17) is 0 Å². The Kier molecular flexibility index (Phi) is 5.10. The molecule has 2 aliphatic heterocycles. The summed E-state index contributed by atoms with van der Waals surface area (Å²) in [5.41, 5.74) is -0.450. The van der Waals surface area contributed by atoms with Crippen molar-refractivity contribution in [3.05, 3.63) is 18.0 Å². The van der Waals surface area contributed by atoms with Crippen LogP contribution in [0.25, 0.3) is 0 Å². The molecule has 0 bridgehead atoms. The van der Waals surface area contributed by atoms with Crippen LogP contribution in [0.1, 0.15) is 36.7 Å². The standard InChI is InChI=1S/C17H27N5O3/c1-13(23)18-14-3-8-21(9-4-14)11-17(25)6-10-22(12-17)16(24)15-5-7-20(2)19-15/h5,7,14,25H,3-4,6,8-12H2,1-2H3,(H,18,23)/t17-/m0/s1. The second-order valence-electron chi connectivity index (χ2n) is 7.33. The highest BCUT2D eigenvalue weighted by Crippen LogP contribution is 2.25. The van der Waals surface area contributed by atoms with Crippen LogP contribution in [0, 0.1) is 0 Å². The number of β-amino-alcohol motifs (C(OH)–C–C–N with tert-alkyl or cyclic N) is 1. The van der Waals surface area contributed by atoms with E-state index < -0.39 is 5.60 Å². The van der Waals surface area contributed by atoms with E-state index in [1.807, 2.05) is 0 Å². The van der Waals surface area contributed by atoms with Gasteiger partial charge in [-0.1, -0.05) is 0 Å². The van der Waals surface area contributed by atoms with E-state index in [1.54, 1.807) is 35.8 Å². The average molecular weight is 349 g/mol. The van der Waals surface area contributed by atoms with Crippen LogP contribution in [-0.2, 0) is 11.8 Å². The van der Waals surface area contributed by atoms with E-state index in [0.717, 1.165) is 25.9 Å². The van der Waals surface area contributed by atoms with Crippen molar-refractivity contribution in [2.45, 2.75) is 37.8 Å². The van der Waals surface area contributed by atoms with Gasteiger partial charge in [0.25, 0.3) is 5.91 Å². The third kappa shape index (κ3) is 4.38. The zero-order valence-corrected chi connectivity index (χ0v) is 14.9. The lowest BCUT2D eigenvalue weighted by Gasteiger charge is -2.36. The predicted octanol–water partition coefficient (Wildman–Crippen LogP) is -0.402. The Morgan fingerprint density at radius 3 is 2.68 bits per heavy atom. The van der Waals surface area contributed by atoms with E-state index in [0.29, 0.717) is 31.7 Å². The number of likely N-dealkylation sites (tertiary alicyclic amines) is 2. The third-order valence-corrected chi connectivity index (χ3v) is 5.07. The Bertz CT molecular complexity index is 638. The number of nitrogens with one attached hydrogen (secondary N) is 1. The van der Waals surface area contributed by atoms with Gasteiger partial charge in [-0.15, -0.1) is 0 Å². The van der Waals surface area contributed by atoms with Crippen LogP contribution in [0.3, 0.4) is 0 Å². The Morgan fingerprint density at radius 2 is 2.08 bits per heavy atom. The molecule has 8 heteroatoms. The van der Waals surface area contributed by atoms with Gasteiger partial charge in [0.1, 0.15) is 5.69 Å². The number of aliphatic hydroxyl groups is 1. The van der Waals surface area contributed by atoms with E-state index >= 15 is 0 Å². The van der Waals surface area contributed by atoms with Gasteiger partial charge >= 0.3 is 0 Å². The second-order valence-corrected chi connectivity index (χ2v) is 7.33. The minimum Gasteiger partial charge on any atom is -0.387 e. The molecule has 0 aromatic carbocycles. The molecule has 2 N–H and O–H groups in total. The quantitative estimate of drug-likeness (QED) is 0.772. The number of rotatable bonds is 4. The first-order valence-corrected chi connectivity index (χ1v) is 8.85. The first-order valence-electron chi connectivity index (χ1n) is 8.85.